The van der Waals surface area contributed by atoms with E-state index in [0.717, 1.165) is 0 Å². The summed E-state index contributed by atoms with van der Waals surface area (Å²) in [7, 11) is -4.48. The van der Waals surface area contributed by atoms with Gasteiger partial charge in [0.05, 0.1) is 165 Å². The minimum absolute atomic E-state index is 0.0226. The molecule has 3 fully saturated rings. The van der Waals surface area contributed by atoms with Crippen molar-refractivity contribution in [3.8, 4) is 0 Å². The van der Waals surface area contributed by atoms with E-state index in [1.54, 1.807) is 49.5 Å². The van der Waals surface area contributed by atoms with E-state index in [9.17, 15) is 192 Å². The number of aliphatic hydroxyl groups is 36. The second kappa shape index (κ2) is 72.0. The van der Waals surface area contributed by atoms with Crippen LogP contribution in [0.1, 0.15) is 214 Å². The summed E-state index contributed by atoms with van der Waals surface area (Å²) in [4.78, 5) is 0. The number of hydrogen-bond acceptors (Lipinski definition) is 42. The zero-order valence-corrected chi connectivity index (χ0v) is 85.9. The van der Waals surface area contributed by atoms with Gasteiger partial charge in [-0.25, -0.2) is 4.18 Å². The van der Waals surface area contributed by atoms with E-state index in [2.05, 4.69) is 23.9 Å². The van der Waals surface area contributed by atoms with Crippen LogP contribution in [0.4, 0.5) is 0 Å². The molecule has 3 rings (SSSR count). The maximum Gasteiger partial charge on any atom is 0.397 e. The molecule has 0 aromatic carbocycles. The summed E-state index contributed by atoms with van der Waals surface area (Å²) in [5, 5.41) is 389. The molecule has 0 aromatic rings. The standard InChI is InChI=1S/C104H178O43S/c1-8-9-26-63(105)28-14-15-29-65(107)31-19-23-39-75(117)95(134)102-100(139)84(126)56-87(147-102)101(140)89(128)60(5)43-47-72(114)86-55-83(125)99(138)104(146-86)97(136)78(120)50-58(3)41-45-69(111)52-80(122)93(132)62(7)91(130)74(116)38-22-18-33-67(109)35-25-34-66(108)32-16-20-36-70(112)76(118)53-81(123)94(133)88(127)59(4)42-46-71(113)85-54-82(124)98(137)103(145-85)96(135)77(119)49-57(2)40-44-68(110)51-79(121)92(131)61(6)90(129)73(115)37-21-17-30-64(106)27-13-11-10-12-24-48-144-148(141,142)143/h8,13-15,17-18,20-23,25,27-29,35-36,39,49-50,61-140H,1,4-5,9-12,16,19,24,26,30-34,37-38,40-48,51-56H2,2-3,6-7H3,(H,141,142,143)/b21-17+,22-18+,27-13+,28-14+,29-15+,35-25+,36-20+,39-23+,57-49+,58-50+/t61?,62?,63?,64?,65?,66?,67?,68?,69?,70?,71?,72?,73?,74?,75?,76?,77?,78?,79?,80?,81?,82-,83-,84-,85-,86-,87-,88?,89?,90?,91?,92?,93?,94?,95+,96?,97?,98-,99-,100-,101?,102+,103+,104+/m1/s1. The van der Waals surface area contributed by atoms with Gasteiger partial charge < -0.3 is 198 Å². The van der Waals surface area contributed by atoms with Crippen molar-refractivity contribution < 1.29 is 215 Å². The van der Waals surface area contributed by atoms with Crippen LogP contribution in [0.15, 0.2) is 157 Å². The molecule has 148 heavy (non-hydrogen) atoms. The van der Waals surface area contributed by atoms with Crippen molar-refractivity contribution in [2.24, 2.45) is 11.8 Å². The van der Waals surface area contributed by atoms with Crippen LogP contribution < -0.4 is 0 Å². The van der Waals surface area contributed by atoms with Crippen molar-refractivity contribution in [2.75, 3.05) is 6.61 Å². The van der Waals surface area contributed by atoms with E-state index in [1.807, 2.05) is 0 Å². The van der Waals surface area contributed by atoms with Crippen LogP contribution in [0.2, 0.25) is 0 Å². The number of rotatable bonds is 76. The smallest absolute Gasteiger partial charge is 0.393 e. The molecule has 3 heterocycles. The number of hydrogen-bond donors (Lipinski definition) is 37. The summed E-state index contributed by atoms with van der Waals surface area (Å²) < 4.78 is 51.4. The van der Waals surface area contributed by atoms with Crippen molar-refractivity contribution in [2.45, 2.75) is 470 Å². The normalized spacial score (nSPS) is 27.6. The van der Waals surface area contributed by atoms with Crippen LogP contribution in [0, 0.1) is 11.8 Å². The van der Waals surface area contributed by atoms with Crippen molar-refractivity contribution >= 4 is 10.4 Å². The highest BCUT2D eigenvalue weighted by Gasteiger charge is 2.49. The van der Waals surface area contributed by atoms with Crippen LogP contribution in [0.5, 0.6) is 0 Å². The summed E-state index contributed by atoms with van der Waals surface area (Å²) in [6.45, 7) is 16.8. The Morgan fingerprint density at radius 2 is 0.730 bits per heavy atom. The van der Waals surface area contributed by atoms with Gasteiger partial charge in [0.2, 0.25) is 0 Å². The van der Waals surface area contributed by atoms with E-state index >= 15 is 0 Å². The quantitative estimate of drug-likeness (QED) is 0.0121. The van der Waals surface area contributed by atoms with Gasteiger partial charge in [-0.05, 0) is 166 Å². The Balaban J connectivity index is 1.35. The molecule has 44 atom stereocenters. The molecule has 3 aliphatic heterocycles. The maximum absolute atomic E-state index is 11.2. The minimum atomic E-state index is -4.48. The van der Waals surface area contributed by atoms with Crippen LogP contribution in [-0.2, 0) is 28.8 Å². The lowest BCUT2D eigenvalue weighted by atomic mass is 9.86. The third-order valence-corrected chi connectivity index (χ3v) is 27.7. The van der Waals surface area contributed by atoms with Crippen molar-refractivity contribution in [3.63, 3.8) is 0 Å². The predicted octanol–water partition coefficient (Wildman–Crippen LogP) is -3.67. The number of unbranched alkanes of at least 4 members (excludes halogenated alkanes) is 3. The molecule has 0 saturated carbocycles. The predicted molar refractivity (Wildman–Crippen MR) is 541 cm³/mol. The zero-order valence-electron chi connectivity index (χ0n) is 85.1. The van der Waals surface area contributed by atoms with Gasteiger partial charge in [0.25, 0.3) is 0 Å². The first-order chi connectivity index (χ1) is 69.4. The second-order valence-electron chi connectivity index (χ2n) is 40.0. The Labute approximate surface area is 867 Å². The molecule has 0 amide bonds. The second-order valence-corrected chi connectivity index (χ2v) is 41.1. The van der Waals surface area contributed by atoms with Crippen LogP contribution in [-0.4, -0.2) is 460 Å². The Bertz CT molecular complexity index is 4080. The molecule has 31 unspecified atom stereocenters. The maximum atomic E-state index is 11.2. The lowest BCUT2D eigenvalue weighted by Gasteiger charge is -2.42. The molecule has 0 bridgehead atoms. The first-order valence-electron chi connectivity index (χ1n) is 51.2. The molecular formula is C104H178O43S. The van der Waals surface area contributed by atoms with E-state index in [1.165, 1.54) is 93.7 Å². The molecule has 37 N–H and O–H groups in total. The Hall–Kier alpha value is -5.07. The first-order valence-corrected chi connectivity index (χ1v) is 52.5. The Morgan fingerprint density at radius 3 is 1.18 bits per heavy atom. The van der Waals surface area contributed by atoms with Gasteiger partial charge in [0, 0.05) is 50.4 Å². The first kappa shape index (κ1) is 137. The highest BCUT2D eigenvalue weighted by Crippen LogP contribution is 2.35. The van der Waals surface area contributed by atoms with Crippen molar-refractivity contribution in [1.29, 1.82) is 0 Å². The largest absolute Gasteiger partial charge is 0.397 e. The monoisotopic (exact) mass is 2150 g/mol. The molecular weight excluding hydrogens is 1970 g/mol. The summed E-state index contributed by atoms with van der Waals surface area (Å²) in [6.07, 6.45) is -35.3. The number of aliphatic hydroxyl groups excluding tert-OH is 36. The van der Waals surface area contributed by atoms with Gasteiger partial charge in [-0.2, -0.15) is 8.42 Å². The zero-order chi connectivity index (χ0) is 112. The lowest BCUT2D eigenvalue weighted by molar-refractivity contribution is -0.234. The highest BCUT2D eigenvalue weighted by molar-refractivity contribution is 7.80. The van der Waals surface area contributed by atoms with E-state index in [-0.39, 0.29) is 146 Å². The average molecular weight is 2150 g/mol. The molecule has 44 heteroatoms. The summed E-state index contributed by atoms with van der Waals surface area (Å²) in [5.74, 6) is -2.20. The van der Waals surface area contributed by atoms with Gasteiger partial charge in [-0.1, -0.05) is 160 Å². The molecule has 3 aliphatic rings. The fraction of sp³-hybridized carbons (Fsp3) is 0.750. The molecule has 43 nitrogen and oxygen atoms in total. The average Bonchev–Trinajstić information content (AvgIpc) is 0.829. The van der Waals surface area contributed by atoms with Crippen LogP contribution in [0.3, 0.4) is 0 Å². The Morgan fingerprint density at radius 1 is 0.351 bits per heavy atom. The number of ether oxygens (including phenoxy) is 3. The molecule has 0 spiro atoms. The van der Waals surface area contributed by atoms with E-state index < -0.39 is 298 Å². The third kappa shape index (κ3) is 51.3. The van der Waals surface area contributed by atoms with Crippen LogP contribution >= 0.6 is 0 Å². The van der Waals surface area contributed by atoms with Crippen molar-refractivity contribution in [3.05, 3.63) is 157 Å². The molecule has 0 aliphatic carbocycles. The summed E-state index contributed by atoms with van der Waals surface area (Å²) in [6, 6.07) is 0. The SMILES string of the molecule is C=CCCC(O)/C=C/C=C/C(O)CC/C=C/C(O)[C@H](O)[C@@H]1O[C@@H](C(O)C(O)C(=C)CCC(O)[C@H]2C[C@@H](O)[C@@H](O)[C@H](C(O)C(O)/C=C(\C)CCC(O)CC(O)C(O)C(C)C(O)C(O)C/C=C/CC(O)/C=C/CC(O)CC/C=C/C(O)C(O)CC(O)C(O)C(O)C(=C)CCC(O)[C@H]3C[C@@H](O)[C@@H](O)[C@H](C(O)C(O)/C=C(\C)CCC(O)CC(O)C(O)C(C)C(O)C(O)C/C=C/CC(O)/C=C/CCCCCOS(=O)(=O)O)O3)O2)C[C@@H](O)[C@H]1O. The fourth-order valence-electron chi connectivity index (χ4n) is 17.3. The highest BCUT2D eigenvalue weighted by atomic mass is 32.3. The van der Waals surface area contributed by atoms with Gasteiger partial charge >= 0.3 is 10.4 Å². The van der Waals surface area contributed by atoms with Gasteiger partial charge in [0.15, 0.2) is 0 Å². The van der Waals surface area contributed by atoms with Crippen molar-refractivity contribution in [1.82, 2.24) is 0 Å². The minimum Gasteiger partial charge on any atom is -0.393 e. The van der Waals surface area contributed by atoms with E-state index in [0.29, 0.717) is 49.7 Å². The van der Waals surface area contributed by atoms with Gasteiger partial charge in [-0.15, -0.1) is 6.58 Å². The molecule has 0 aromatic heterocycles. The molecule has 0 radical (unpaired) electrons. The van der Waals surface area contributed by atoms with E-state index in [4.69, 9.17) is 18.8 Å². The molecule has 3 saturated heterocycles. The Kier molecular flexibility index (Phi) is 66.6. The summed E-state index contributed by atoms with van der Waals surface area (Å²) >= 11 is 0. The fourth-order valence-corrected chi connectivity index (χ4v) is 17.6. The third-order valence-electron chi connectivity index (χ3n) is 27.2. The topological polar surface area (TPSA) is 820 Å². The van der Waals surface area contributed by atoms with Gasteiger partial charge in [0.1, 0.15) is 97.7 Å². The molecule has 858 valence electrons. The number of allylic oxidation sites excluding steroid dienone is 8. The lowest BCUT2D eigenvalue weighted by Crippen LogP contribution is -2.59. The summed E-state index contributed by atoms with van der Waals surface area (Å²) in [5.41, 5.74) is 0.655. The van der Waals surface area contributed by atoms with Gasteiger partial charge in [-0.3, -0.25) is 4.55 Å². The van der Waals surface area contributed by atoms with Crippen LogP contribution in [0.25, 0.3) is 0 Å².